The van der Waals surface area contributed by atoms with E-state index >= 15 is 0 Å². The number of rotatable bonds is 6. The lowest BCUT2D eigenvalue weighted by Gasteiger charge is -2.26. The minimum absolute atomic E-state index is 0.0219. The summed E-state index contributed by atoms with van der Waals surface area (Å²) in [6, 6.07) is 0. The predicted octanol–water partition coefficient (Wildman–Crippen LogP) is 0.448. The molecule has 0 fully saturated rings. The smallest absolute Gasteiger partial charge is 0.306 e. The first-order chi connectivity index (χ1) is 6.75. The zero-order valence-electron chi connectivity index (χ0n) is 8.46. The van der Waals surface area contributed by atoms with Gasteiger partial charge in [0.1, 0.15) is 6.61 Å². The molecule has 0 radical (unpaired) electrons. The van der Waals surface area contributed by atoms with Crippen molar-refractivity contribution < 1.29 is 19.4 Å². The van der Waals surface area contributed by atoms with Gasteiger partial charge < -0.3 is 14.6 Å². The summed E-state index contributed by atoms with van der Waals surface area (Å²) in [5, 5.41) is 10.0. The van der Waals surface area contributed by atoms with Gasteiger partial charge in [0.2, 0.25) is 0 Å². The SMILES string of the molecule is CC(C)(COC(=O)CCC(=O)[O-])N(Cl)Cl. The van der Waals surface area contributed by atoms with Gasteiger partial charge in [0, 0.05) is 5.97 Å². The van der Waals surface area contributed by atoms with Gasteiger partial charge in [-0.3, -0.25) is 4.79 Å². The van der Waals surface area contributed by atoms with E-state index in [1.807, 2.05) is 0 Å². The van der Waals surface area contributed by atoms with Crippen molar-refractivity contribution >= 4 is 35.5 Å². The van der Waals surface area contributed by atoms with Crippen LogP contribution in [-0.4, -0.2) is 28.0 Å². The van der Waals surface area contributed by atoms with Crippen LogP contribution in [-0.2, 0) is 14.3 Å². The zero-order valence-corrected chi connectivity index (χ0v) is 9.97. The molecule has 0 aliphatic carbocycles. The molecule has 0 atom stereocenters. The lowest BCUT2D eigenvalue weighted by atomic mass is 10.1. The first-order valence-corrected chi connectivity index (χ1v) is 4.90. The summed E-state index contributed by atoms with van der Waals surface area (Å²) in [5.74, 6) is -1.91. The molecular formula is C8H12Cl2NO4-. The first-order valence-electron chi connectivity index (χ1n) is 4.23. The highest BCUT2D eigenvalue weighted by Crippen LogP contribution is 2.20. The van der Waals surface area contributed by atoms with Crippen LogP contribution in [0.1, 0.15) is 26.7 Å². The molecule has 0 aromatic heterocycles. The van der Waals surface area contributed by atoms with Crippen molar-refractivity contribution in [3.05, 3.63) is 0 Å². The zero-order chi connectivity index (χ0) is 12.1. The van der Waals surface area contributed by atoms with Crippen molar-refractivity contribution in [3.8, 4) is 0 Å². The lowest BCUT2D eigenvalue weighted by molar-refractivity contribution is -0.305. The van der Waals surface area contributed by atoms with Crippen molar-refractivity contribution in [2.45, 2.75) is 32.2 Å². The Bertz CT molecular complexity index is 243. The summed E-state index contributed by atoms with van der Waals surface area (Å²) in [5.41, 5.74) is -0.722. The monoisotopic (exact) mass is 256 g/mol. The molecule has 0 heterocycles. The van der Waals surface area contributed by atoms with E-state index in [1.165, 1.54) is 0 Å². The Morgan fingerprint density at radius 1 is 1.33 bits per heavy atom. The van der Waals surface area contributed by atoms with E-state index in [-0.39, 0.29) is 19.4 Å². The number of carboxylic acids is 1. The first kappa shape index (κ1) is 14.5. The van der Waals surface area contributed by atoms with Gasteiger partial charge in [-0.1, -0.05) is 0 Å². The van der Waals surface area contributed by atoms with Crippen LogP contribution in [0.2, 0.25) is 0 Å². The summed E-state index contributed by atoms with van der Waals surface area (Å²) in [7, 11) is 0. The number of esters is 1. The van der Waals surface area contributed by atoms with Crippen molar-refractivity contribution in [1.82, 2.24) is 3.94 Å². The molecule has 0 saturated carbocycles. The fourth-order valence-electron chi connectivity index (χ4n) is 0.582. The summed E-state index contributed by atoms with van der Waals surface area (Å²) < 4.78 is 5.65. The number of hydrogen-bond donors (Lipinski definition) is 0. The van der Waals surface area contributed by atoms with Crippen LogP contribution in [0.15, 0.2) is 0 Å². The van der Waals surface area contributed by atoms with Crippen molar-refractivity contribution in [3.63, 3.8) is 0 Å². The molecule has 0 aliphatic rings. The molecule has 88 valence electrons. The molecule has 0 rings (SSSR count). The summed E-state index contributed by atoms with van der Waals surface area (Å²) in [6.45, 7) is 3.31. The predicted molar refractivity (Wildman–Crippen MR) is 52.8 cm³/mol. The number of carbonyl (C=O) groups is 2. The van der Waals surface area contributed by atoms with Crippen LogP contribution in [0, 0.1) is 0 Å². The third-order valence-corrected chi connectivity index (χ3v) is 2.49. The highest BCUT2D eigenvalue weighted by molar-refractivity contribution is 6.34. The van der Waals surface area contributed by atoms with Gasteiger partial charge in [0.05, 0.1) is 12.0 Å². The van der Waals surface area contributed by atoms with Crippen LogP contribution < -0.4 is 5.11 Å². The van der Waals surface area contributed by atoms with E-state index < -0.39 is 17.5 Å². The summed E-state index contributed by atoms with van der Waals surface area (Å²) >= 11 is 11.0. The Hall–Kier alpha value is -0.520. The highest BCUT2D eigenvalue weighted by Gasteiger charge is 2.26. The van der Waals surface area contributed by atoms with Gasteiger partial charge in [-0.2, -0.15) is 0 Å². The van der Waals surface area contributed by atoms with Gasteiger partial charge in [0.15, 0.2) is 0 Å². The Morgan fingerprint density at radius 3 is 2.27 bits per heavy atom. The fourth-order valence-corrected chi connectivity index (χ4v) is 0.680. The molecule has 0 aromatic rings. The van der Waals surface area contributed by atoms with E-state index in [0.717, 1.165) is 3.94 Å². The van der Waals surface area contributed by atoms with Crippen LogP contribution in [0.3, 0.4) is 0 Å². The minimum atomic E-state index is -1.29. The maximum atomic E-state index is 11.0. The van der Waals surface area contributed by atoms with Crippen molar-refractivity contribution in [1.29, 1.82) is 0 Å². The highest BCUT2D eigenvalue weighted by atomic mass is 35.5. The number of nitrogens with zero attached hydrogens (tertiary/aromatic N) is 1. The molecule has 0 spiro atoms. The second-order valence-corrected chi connectivity index (χ2v) is 4.43. The van der Waals surface area contributed by atoms with Crippen molar-refractivity contribution in [2.75, 3.05) is 6.61 Å². The van der Waals surface area contributed by atoms with E-state index in [2.05, 4.69) is 0 Å². The van der Waals surface area contributed by atoms with Crippen molar-refractivity contribution in [2.24, 2.45) is 0 Å². The van der Waals surface area contributed by atoms with Crippen LogP contribution in [0.25, 0.3) is 0 Å². The molecule has 0 aliphatic heterocycles. The largest absolute Gasteiger partial charge is 0.550 e. The van der Waals surface area contributed by atoms with Crippen LogP contribution in [0.4, 0.5) is 0 Å². The number of carboxylic acid groups (broad SMARTS) is 1. The maximum absolute atomic E-state index is 11.0. The molecule has 0 bridgehead atoms. The number of halogens is 2. The molecule has 5 nitrogen and oxygen atoms in total. The van der Waals surface area contributed by atoms with Gasteiger partial charge in [-0.05, 0) is 43.8 Å². The molecule has 15 heavy (non-hydrogen) atoms. The Morgan fingerprint density at radius 2 is 1.87 bits per heavy atom. The third kappa shape index (κ3) is 6.54. The molecular weight excluding hydrogens is 245 g/mol. The molecule has 0 saturated heterocycles. The van der Waals surface area contributed by atoms with E-state index in [4.69, 9.17) is 28.3 Å². The second-order valence-electron chi connectivity index (χ2n) is 3.58. The lowest BCUT2D eigenvalue weighted by Crippen LogP contribution is -2.37. The summed E-state index contributed by atoms with van der Waals surface area (Å²) in [4.78, 5) is 21.0. The standard InChI is InChI=1S/C8H13Cl2NO4/c1-8(2,11(9)10)5-15-7(14)4-3-6(12)13/h3-5H2,1-2H3,(H,12,13)/p-1. The van der Waals surface area contributed by atoms with Gasteiger partial charge >= 0.3 is 5.97 Å². The Balaban J connectivity index is 3.85. The topological polar surface area (TPSA) is 69.7 Å². The molecule has 0 unspecified atom stereocenters. The number of ether oxygens (including phenoxy) is 1. The molecule has 0 aromatic carbocycles. The Labute approximate surface area is 98.1 Å². The normalized spacial score (nSPS) is 11.5. The van der Waals surface area contributed by atoms with E-state index in [9.17, 15) is 14.7 Å². The Kier molecular flexibility index (Phi) is 5.93. The maximum Gasteiger partial charge on any atom is 0.306 e. The number of aliphatic carboxylic acids is 1. The quantitative estimate of drug-likeness (QED) is 0.510. The average Bonchev–Trinajstić information content (AvgIpc) is 2.11. The fraction of sp³-hybridized carbons (Fsp3) is 0.750. The number of carbonyl (C=O) groups excluding carboxylic acids is 2. The van der Waals surface area contributed by atoms with Gasteiger partial charge in [-0.15, -0.1) is 3.94 Å². The van der Waals surface area contributed by atoms with Crippen LogP contribution in [0.5, 0.6) is 0 Å². The average molecular weight is 257 g/mol. The minimum Gasteiger partial charge on any atom is -0.550 e. The van der Waals surface area contributed by atoms with E-state index in [1.54, 1.807) is 13.8 Å². The third-order valence-electron chi connectivity index (χ3n) is 1.58. The molecule has 7 heteroatoms. The molecule has 0 amide bonds. The van der Waals surface area contributed by atoms with Gasteiger partial charge in [0.25, 0.3) is 0 Å². The van der Waals surface area contributed by atoms with Gasteiger partial charge in [-0.25, -0.2) is 0 Å². The summed E-state index contributed by atoms with van der Waals surface area (Å²) in [6.07, 6.45) is -0.576. The second kappa shape index (κ2) is 6.15. The molecule has 0 N–H and O–H groups in total. The van der Waals surface area contributed by atoms with E-state index in [0.29, 0.717) is 0 Å². The van der Waals surface area contributed by atoms with Crippen LogP contribution >= 0.6 is 23.6 Å². The number of hydrogen-bond acceptors (Lipinski definition) is 5.